The molecule has 0 spiro atoms. The van der Waals surface area contributed by atoms with Crippen molar-refractivity contribution in [2.45, 2.75) is 0 Å². The van der Waals surface area contributed by atoms with E-state index in [4.69, 9.17) is 5.48 Å². The van der Waals surface area contributed by atoms with Gasteiger partial charge < -0.3 is 9.80 Å². The number of hydrogen-bond donors (Lipinski definition) is 0. The summed E-state index contributed by atoms with van der Waals surface area (Å²) < 4.78 is 36.5. The van der Waals surface area contributed by atoms with Crippen molar-refractivity contribution in [3.8, 4) is 33.4 Å². The van der Waals surface area contributed by atoms with Gasteiger partial charge in [0.25, 0.3) is 0 Å². The lowest BCUT2D eigenvalue weighted by Gasteiger charge is -2.28. The number of para-hydroxylation sites is 4. The van der Waals surface area contributed by atoms with E-state index < -0.39 is 0 Å². The van der Waals surface area contributed by atoms with Crippen molar-refractivity contribution < 1.29 is 5.48 Å². The van der Waals surface area contributed by atoms with Gasteiger partial charge in [0.1, 0.15) is 0 Å². The van der Waals surface area contributed by atoms with Gasteiger partial charge in [0.05, 0.1) is 11.2 Å². The monoisotopic (exact) mass is 644 g/mol. The van der Waals surface area contributed by atoms with Gasteiger partial charge in [-0.3, -0.25) is 0 Å². The van der Waals surface area contributed by atoms with Gasteiger partial charge in [-0.15, -0.1) is 0 Å². The Morgan fingerprint density at radius 2 is 0.640 bits per heavy atom. The molecule has 0 aliphatic rings. The van der Waals surface area contributed by atoms with E-state index in [0.29, 0.717) is 5.56 Å². The molecule has 0 aromatic heterocycles. The Kier molecular flexibility index (Phi) is 7.49. The largest absolute Gasteiger partial charge is 0.311 e. The maximum Gasteiger partial charge on any atom is 0.0645 e. The van der Waals surface area contributed by atoms with Crippen molar-refractivity contribution in [2.24, 2.45) is 0 Å². The van der Waals surface area contributed by atoms with Crippen molar-refractivity contribution in [1.29, 1.82) is 0 Å². The molecule has 2 nitrogen and oxygen atoms in total. The van der Waals surface area contributed by atoms with Crippen molar-refractivity contribution in [2.75, 3.05) is 9.80 Å². The molecule has 0 radical (unpaired) electrons. The molecule has 50 heavy (non-hydrogen) atoms. The van der Waals surface area contributed by atoms with Gasteiger partial charge in [-0.25, -0.2) is 0 Å². The minimum absolute atomic E-state index is 0.0863. The molecule has 2 heteroatoms. The van der Waals surface area contributed by atoms with Crippen LogP contribution in [0.2, 0.25) is 0 Å². The zero-order chi connectivity index (χ0) is 37.0. The molecule has 0 heterocycles. The lowest BCUT2D eigenvalue weighted by Crippen LogP contribution is -2.11. The summed E-state index contributed by atoms with van der Waals surface area (Å²) in [5.74, 6) is 0. The van der Waals surface area contributed by atoms with Crippen LogP contribution in [0, 0.1) is 0 Å². The van der Waals surface area contributed by atoms with Gasteiger partial charge in [-0.1, -0.05) is 152 Å². The van der Waals surface area contributed by atoms with Crippen LogP contribution in [0.1, 0.15) is 5.48 Å². The first-order valence-electron chi connectivity index (χ1n) is 18.7. The van der Waals surface area contributed by atoms with Gasteiger partial charge in [-0.05, 0) is 94.5 Å². The lowest BCUT2D eigenvalue weighted by molar-refractivity contribution is 1.28. The third kappa shape index (κ3) is 6.43. The fraction of sp³-hybridized carbons (Fsp3) is 0. The molecule has 8 aromatic rings. The van der Waals surface area contributed by atoms with E-state index >= 15 is 0 Å². The summed E-state index contributed by atoms with van der Waals surface area (Å²) in [6.45, 7) is 0. The van der Waals surface area contributed by atoms with Crippen molar-refractivity contribution in [3.05, 3.63) is 218 Å². The minimum atomic E-state index is -0.102. The second-order valence-corrected chi connectivity index (χ2v) is 11.9. The molecular formula is C48H36N2. The first kappa shape index (κ1) is 26.3. The van der Waals surface area contributed by atoms with Crippen LogP contribution >= 0.6 is 0 Å². The van der Waals surface area contributed by atoms with Crippen LogP contribution in [-0.4, -0.2) is 0 Å². The van der Waals surface area contributed by atoms with E-state index in [1.54, 1.807) is 4.90 Å². The highest BCUT2D eigenvalue weighted by Gasteiger charge is 2.17. The Morgan fingerprint density at radius 3 is 1.16 bits per heavy atom. The van der Waals surface area contributed by atoms with Gasteiger partial charge in [0.2, 0.25) is 0 Å². The summed E-state index contributed by atoms with van der Waals surface area (Å²) in [6, 6.07) is 64.1. The smallest absolute Gasteiger partial charge is 0.0645 e. The highest BCUT2D eigenvalue weighted by molar-refractivity contribution is 5.88. The summed E-state index contributed by atoms with van der Waals surface area (Å²) in [4.78, 5) is 4.06. The van der Waals surface area contributed by atoms with Crippen LogP contribution in [0.25, 0.3) is 33.4 Å². The molecule has 0 aliphatic heterocycles. The molecule has 0 saturated heterocycles. The van der Waals surface area contributed by atoms with Crippen LogP contribution in [0.4, 0.5) is 34.1 Å². The zero-order valence-electron chi connectivity index (χ0n) is 31.4. The zero-order valence-corrected chi connectivity index (χ0v) is 27.4. The molecule has 0 aliphatic carbocycles. The van der Waals surface area contributed by atoms with E-state index in [1.807, 2.05) is 97.1 Å². The second kappa shape index (κ2) is 14.2. The van der Waals surface area contributed by atoms with Crippen LogP contribution in [0.5, 0.6) is 0 Å². The highest BCUT2D eigenvalue weighted by Crippen LogP contribution is 2.41. The highest BCUT2D eigenvalue weighted by atomic mass is 15.1. The quantitative estimate of drug-likeness (QED) is 0.154. The molecule has 0 bridgehead atoms. The van der Waals surface area contributed by atoms with Crippen LogP contribution < -0.4 is 9.80 Å². The van der Waals surface area contributed by atoms with Crippen LogP contribution in [-0.2, 0) is 0 Å². The number of benzene rings is 8. The summed E-state index contributed by atoms with van der Waals surface area (Å²) in [6.07, 6.45) is 0. The molecule has 8 rings (SSSR count). The normalized spacial score (nSPS) is 11.9. The topological polar surface area (TPSA) is 6.48 Å². The van der Waals surface area contributed by atoms with E-state index in [2.05, 4.69) is 102 Å². The van der Waals surface area contributed by atoms with Gasteiger partial charge in [0, 0.05) is 34.0 Å². The second-order valence-electron chi connectivity index (χ2n) is 11.9. The Hall–Kier alpha value is -6.64. The summed E-state index contributed by atoms with van der Waals surface area (Å²) in [5, 5.41) is 0. The molecular weight excluding hydrogens is 605 g/mol. The maximum atomic E-state index is 9.13. The molecule has 0 N–H and O–H groups in total. The Labute approximate surface area is 300 Å². The minimum Gasteiger partial charge on any atom is -0.311 e. The van der Waals surface area contributed by atoms with Crippen molar-refractivity contribution in [1.82, 2.24) is 0 Å². The van der Waals surface area contributed by atoms with E-state index in [9.17, 15) is 0 Å². The number of hydrogen-bond acceptors (Lipinski definition) is 2. The van der Waals surface area contributed by atoms with Gasteiger partial charge in [0.15, 0.2) is 0 Å². The lowest BCUT2D eigenvalue weighted by atomic mass is 9.99. The molecule has 0 amide bonds. The number of rotatable bonds is 9. The number of anilines is 6. The first-order valence-corrected chi connectivity index (χ1v) is 16.7. The fourth-order valence-corrected chi connectivity index (χ4v) is 6.29. The van der Waals surface area contributed by atoms with Gasteiger partial charge >= 0.3 is 0 Å². The standard InChI is InChI=1S/C48H36N2/c1-5-15-41(16-6-1)47-23-13-14-24-48(47)50(44-21-11-4-12-22-44)46-35-31-40(32-36-46)38-27-25-37(26-28-38)39-29-33-45(34-30-39)49(42-17-7-2-8-18-42)43-19-9-3-10-20-43/h1-36H/i29D,30D,33D,34D. The summed E-state index contributed by atoms with van der Waals surface area (Å²) >= 11 is 0. The molecule has 0 saturated carbocycles. The molecule has 0 atom stereocenters. The van der Waals surface area contributed by atoms with Crippen LogP contribution in [0.15, 0.2) is 218 Å². The Balaban J connectivity index is 1.13. The maximum absolute atomic E-state index is 9.13. The van der Waals surface area contributed by atoms with E-state index in [0.717, 1.165) is 50.7 Å². The molecule has 8 aromatic carbocycles. The van der Waals surface area contributed by atoms with Gasteiger partial charge in [-0.2, -0.15) is 0 Å². The molecule has 238 valence electrons. The Morgan fingerprint density at radius 1 is 0.260 bits per heavy atom. The Bertz CT molecular complexity index is 2440. The third-order valence-corrected chi connectivity index (χ3v) is 8.74. The third-order valence-electron chi connectivity index (χ3n) is 8.74. The summed E-state index contributed by atoms with van der Waals surface area (Å²) in [7, 11) is 0. The van der Waals surface area contributed by atoms with Crippen molar-refractivity contribution >= 4 is 34.1 Å². The van der Waals surface area contributed by atoms with Crippen LogP contribution in [0.3, 0.4) is 0 Å². The van der Waals surface area contributed by atoms with Crippen molar-refractivity contribution in [3.63, 3.8) is 0 Å². The average Bonchev–Trinajstić information content (AvgIpc) is 3.24. The van der Waals surface area contributed by atoms with E-state index in [1.165, 1.54) is 0 Å². The predicted molar refractivity (Wildman–Crippen MR) is 212 cm³/mol. The van der Waals surface area contributed by atoms with E-state index in [-0.39, 0.29) is 35.4 Å². The SMILES string of the molecule is [2H]c1c([2H])c(N(c2ccccc2)c2ccccc2)c([2H])c([2H])c1-c1ccc(-c2ccc(N(c3ccccc3)c3ccccc3-c3ccccc3)cc2)cc1. The summed E-state index contributed by atoms with van der Waals surface area (Å²) in [5.41, 5.74) is 10.0. The first-order chi connectivity index (χ1) is 26.5. The molecule has 0 fully saturated rings. The average molecular weight is 645 g/mol. The number of nitrogens with zero attached hydrogens (tertiary/aromatic N) is 2. The predicted octanol–water partition coefficient (Wildman–Crippen LogP) is 13.6. The fourth-order valence-electron chi connectivity index (χ4n) is 6.29. The molecule has 0 unspecified atom stereocenters.